The molecule has 0 aliphatic rings. The number of halogens is 4. The number of sulfonamides is 1. The van der Waals surface area contributed by atoms with Crippen LogP contribution in [-0.4, -0.2) is 25.2 Å². The summed E-state index contributed by atoms with van der Waals surface area (Å²) >= 11 is 5.80. The van der Waals surface area contributed by atoms with Crippen LogP contribution in [0.25, 0.3) is 0 Å². The number of rotatable bonds is 7. The molecule has 1 amide bonds. The summed E-state index contributed by atoms with van der Waals surface area (Å²) in [5, 5.41) is 2.33. The lowest BCUT2D eigenvalue weighted by Gasteiger charge is -2.22. The predicted molar refractivity (Wildman–Crippen MR) is 110 cm³/mol. The smallest absolute Gasteiger partial charge is 0.243 e. The Bertz CT molecular complexity index is 1180. The van der Waals surface area contributed by atoms with E-state index < -0.39 is 52.2 Å². The predicted octanol–water partition coefficient (Wildman–Crippen LogP) is 4.59. The Hall–Kier alpha value is -2.88. The Morgan fingerprint density at radius 2 is 1.45 bits per heavy atom. The normalized spacial score (nSPS) is 11.5. The highest BCUT2D eigenvalue weighted by Crippen LogP contribution is 2.23. The molecule has 0 saturated carbocycles. The van der Waals surface area contributed by atoms with Gasteiger partial charge in [0, 0.05) is 17.1 Å². The van der Waals surface area contributed by atoms with E-state index in [0.717, 1.165) is 24.3 Å². The highest BCUT2D eigenvalue weighted by atomic mass is 35.5. The molecule has 5 nitrogen and oxygen atoms in total. The second-order valence-electron chi connectivity index (χ2n) is 6.46. The van der Waals surface area contributed by atoms with Gasteiger partial charge in [0.15, 0.2) is 0 Å². The number of hydrogen-bond acceptors (Lipinski definition) is 3. The first-order valence-electron chi connectivity index (χ1n) is 8.91. The average Bonchev–Trinajstić information content (AvgIpc) is 2.72. The van der Waals surface area contributed by atoms with Gasteiger partial charge in [0.1, 0.15) is 23.1 Å². The van der Waals surface area contributed by atoms with E-state index in [9.17, 15) is 26.4 Å². The molecule has 0 saturated heterocycles. The fourth-order valence-corrected chi connectivity index (χ4v) is 4.25. The van der Waals surface area contributed by atoms with E-state index in [1.54, 1.807) is 0 Å². The van der Waals surface area contributed by atoms with Crippen molar-refractivity contribution in [3.8, 4) is 0 Å². The third kappa shape index (κ3) is 5.43. The first-order valence-corrected chi connectivity index (χ1v) is 10.7. The molecule has 0 bridgehead atoms. The fraction of sp³-hybridized carbons (Fsp3) is 0.0952. The van der Waals surface area contributed by atoms with E-state index in [0.29, 0.717) is 9.33 Å². The number of nitrogens with zero attached hydrogens (tertiary/aromatic N) is 1. The summed E-state index contributed by atoms with van der Waals surface area (Å²) in [6.45, 7) is -1.29. The molecule has 1 N–H and O–H groups in total. The van der Waals surface area contributed by atoms with Crippen molar-refractivity contribution in [1.29, 1.82) is 0 Å². The summed E-state index contributed by atoms with van der Waals surface area (Å²) in [6, 6.07) is 13.7. The number of para-hydroxylation sites is 1. The standard InChI is InChI=1S/C21H16ClF3N2O3S/c22-15-8-10-16(11-9-15)31(29,30)27(12-14-4-1-2-5-17(14)23)13-20(28)26-21-18(24)6-3-7-19(21)25/h1-11H,12-13H2,(H,26,28). The van der Waals surface area contributed by atoms with Gasteiger partial charge in [-0.1, -0.05) is 35.9 Å². The van der Waals surface area contributed by atoms with Crippen molar-refractivity contribution in [3.63, 3.8) is 0 Å². The van der Waals surface area contributed by atoms with Crippen LogP contribution in [0.3, 0.4) is 0 Å². The molecule has 0 aliphatic heterocycles. The minimum atomic E-state index is -4.28. The van der Waals surface area contributed by atoms with Gasteiger partial charge >= 0.3 is 0 Å². The molecule has 0 spiro atoms. The highest BCUT2D eigenvalue weighted by molar-refractivity contribution is 7.89. The monoisotopic (exact) mass is 468 g/mol. The van der Waals surface area contributed by atoms with Gasteiger partial charge in [-0.3, -0.25) is 4.79 Å². The van der Waals surface area contributed by atoms with Crippen LogP contribution in [0.1, 0.15) is 5.56 Å². The van der Waals surface area contributed by atoms with Gasteiger partial charge in [0.25, 0.3) is 0 Å². The van der Waals surface area contributed by atoms with Gasteiger partial charge in [-0.15, -0.1) is 0 Å². The Morgan fingerprint density at radius 3 is 2.06 bits per heavy atom. The minimum absolute atomic E-state index is 0.0184. The second kappa shape index (κ2) is 9.51. The number of nitrogens with one attached hydrogen (secondary N) is 1. The first-order chi connectivity index (χ1) is 14.7. The third-order valence-corrected chi connectivity index (χ3v) is 6.36. The molecule has 0 radical (unpaired) electrons. The van der Waals surface area contributed by atoms with Gasteiger partial charge in [0.2, 0.25) is 15.9 Å². The van der Waals surface area contributed by atoms with E-state index in [2.05, 4.69) is 0 Å². The molecule has 0 heterocycles. The molecule has 0 atom stereocenters. The van der Waals surface area contributed by atoms with Crippen molar-refractivity contribution in [2.45, 2.75) is 11.4 Å². The number of anilines is 1. The van der Waals surface area contributed by atoms with Gasteiger partial charge in [0.05, 0.1) is 11.4 Å². The number of carbonyl (C=O) groups is 1. The zero-order chi connectivity index (χ0) is 22.6. The Balaban J connectivity index is 1.92. The van der Waals surface area contributed by atoms with Crippen LogP contribution in [0.2, 0.25) is 5.02 Å². The lowest BCUT2D eigenvalue weighted by Crippen LogP contribution is -2.38. The second-order valence-corrected chi connectivity index (χ2v) is 8.84. The maximum Gasteiger partial charge on any atom is 0.243 e. The lowest BCUT2D eigenvalue weighted by atomic mass is 10.2. The molecule has 3 rings (SSSR count). The van der Waals surface area contributed by atoms with Gasteiger partial charge in [-0.25, -0.2) is 21.6 Å². The Labute approximate surface area is 182 Å². The number of carbonyl (C=O) groups excluding carboxylic acids is 1. The molecule has 162 valence electrons. The van der Waals surface area contributed by atoms with Crippen LogP contribution in [0.4, 0.5) is 18.9 Å². The van der Waals surface area contributed by atoms with Crippen LogP contribution >= 0.6 is 11.6 Å². The minimum Gasteiger partial charge on any atom is -0.320 e. The molecule has 0 aliphatic carbocycles. The number of benzene rings is 3. The first kappa shape index (κ1) is 22.8. The van der Waals surface area contributed by atoms with E-state index in [4.69, 9.17) is 11.6 Å². The molecule has 3 aromatic carbocycles. The van der Waals surface area contributed by atoms with E-state index in [-0.39, 0.29) is 10.5 Å². The highest BCUT2D eigenvalue weighted by Gasteiger charge is 2.28. The Kier molecular flexibility index (Phi) is 6.99. The molecular formula is C21H16ClF3N2O3S. The maximum absolute atomic E-state index is 14.1. The number of hydrogen-bond donors (Lipinski definition) is 1. The van der Waals surface area contributed by atoms with E-state index in [1.165, 1.54) is 42.5 Å². The zero-order valence-electron chi connectivity index (χ0n) is 15.9. The van der Waals surface area contributed by atoms with Crippen LogP contribution in [0, 0.1) is 17.5 Å². The van der Waals surface area contributed by atoms with Crippen molar-refractivity contribution in [1.82, 2.24) is 4.31 Å². The molecule has 0 unspecified atom stereocenters. The zero-order valence-corrected chi connectivity index (χ0v) is 17.4. The summed E-state index contributed by atoms with van der Waals surface area (Å²) < 4.78 is 68.8. The summed E-state index contributed by atoms with van der Waals surface area (Å²) in [6.07, 6.45) is 0. The van der Waals surface area contributed by atoms with Gasteiger partial charge in [-0.2, -0.15) is 4.31 Å². The summed E-state index contributed by atoms with van der Waals surface area (Å²) in [4.78, 5) is 12.3. The van der Waals surface area contributed by atoms with Crippen molar-refractivity contribution in [2.75, 3.05) is 11.9 Å². The van der Waals surface area contributed by atoms with Crippen LogP contribution in [-0.2, 0) is 21.4 Å². The van der Waals surface area contributed by atoms with Crippen LogP contribution < -0.4 is 5.32 Å². The molecular weight excluding hydrogens is 453 g/mol. The van der Waals surface area contributed by atoms with E-state index >= 15 is 0 Å². The van der Waals surface area contributed by atoms with Crippen molar-refractivity contribution >= 4 is 33.2 Å². The van der Waals surface area contributed by atoms with Crippen molar-refractivity contribution in [3.05, 3.63) is 94.8 Å². The van der Waals surface area contributed by atoms with Crippen molar-refractivity contribution in [2.24, 2.45) is 0 Å². The third-order valence-electron chi connectivity index (χ3n) is 4.30. The van der Waals surface area contributed by atoms with Crippen molar-refractivity contribution < 1.29 is 26.4 Å². The quantitative estimate of drug-likeness (QED) is 0.551. The largest absolute Gasteiger partial charge is 0.320 e. The number of amides is 1. The van der Waals surface area contributed by atoms with Gasteiger partial charge in [-0.05, 0) is 42.5 Å². The maximum atomic E-state index is 14.1. The summed E-state index contributed by atoms with van der Waals surface area (Å²) in [5.74, 6) is -3.71. The van der Waals surface area contributed by atoms with Gasteiger partial charge < -0.3 is 5.32 Å². The SMILES string of the molecule is O=C(CN(Cc1ccccc1F)S(=O)(=O)c1ccc(Cl)cc1)Nc1c(F)cccc1F. The lowest BCUT2D eigenvalue weighted by molar-refractivity contribution is -0.116. The summed E-state index contributed by atoms with van der Waals surface area (Å²) in [7, 11) is -4.28. The molecule has 0 aromatic heterocycles. The molecule has 31 heavy (non-hydrogen) atoms. The molecule has 10 heteroatoms. The average molecular weight is 469 g/mol. The Morgan fingerprint density at radius 1 is 0.871 bits per heavy atom. The fourth-order valence-electron chi connectivity index (χ4n) is 2.75. The molecule has 0 fully saturated rings. The van der Waals surface area contributed by atoms with Crippen LogP contribution in [0.5, 0.6) is 0 Å². The summed E-state index contributed by atoms with van der Waals surface area (Å²) in [5.41, 5.74) is -0.688. The van der Waals surface area contributed by atoms with E-state index in [1.807, 2.05) is 5.32 Å². The molecule has 3 aromatic rings. The van der Waals surface area contributed by atoms with Crippen LogP contribution in [0.15, 0.2) is 71.6 Å². The topological polar surface area (TPSA) is 66.5 Å².